The topological polar surface area (TPSA) is 55.1 Å². The molecule has 76 valence electrons. The maximum Gasteiger partial charge on any atom is 0.165 e. The molecule has 0 unspecified atom stereocenters. The zero-order valence-electron chi connectivity index (χ0n) is 7.39. The summed E-state index contributed by atoms with van der Waals surface area (Å²) in [6.07, 6.45) is 0. The molecule has 3 N–H and O–H groups in total. The molecule has 0 aliphatic carbocycles. The first kappa shape index (κ1) is 11.3. The van der Waals surface area contributed by atoms with Gasteiger partial charge in [-0.1, -0.05) is 23.2 Å². The fourth-order valence-electron chi connectivity index (χ4n) is 0.929. The van der Waals surface area contributed by atoms with E-state index >= 15 is 0 Å². The number of carbonyl (C=O) groups excluding carboxylic acids is 1. The van der Waals surface area contributed by atoms with Crippen LogP contribution in [0.15, 0.2) is 18.2 Å². The van der Waals surface area contributed by atoms with Crippen molar-refractivity contribution in [1.82, 2.24) is 0 Å². The number of anilines is 1. The molecule has 0 saturated heterocycles. The molecule has 1 rings (SSSR count). The van der Waals surface area contributed by atoms with Crippen molar-refractivity contribution in [3.8, 4) is 0 Å². The van der Waals surface area contributed by atoms with Gasteiger partial charge in [-0.2, -0.15) is 0 Å². The van der Waals surface area contributed by atoms with E-state index in [4.69, 9.17) is 28.9 Å². The highest BCUT2D eigenvalue weighted by molar-refractivity contribution is 6.35. The van der Waals surface area contributed by atoms with Crippen molar-refractivity contribution in [3.63, 3.8) is 0 Å². The predicted octanol–water partition coefficient (Wildman–Crippen LogP) is 1.93. The Labute approximate surface area is 92.2 Å². The van der Waals surface area contributed by atoms with Gasteiger partial charge in [0, 0.05) is 15.7 Å². The monoisotopic (exact) mass is 232 g/mol. The third-order valence-corrected chi connectivity index (χ3v) is 2.02. The van der Waals surface area contributed by atoms with Crippen LogP contribution in [0.5, 0.6) is 0 Å². The molecule has 5 heteroatoms. The van der Waals surface area contributed by atoms with Gasteiger partial charge in [0.25, 0.3) is 0 Å². The standard InChI is InChI=1S/C9H10Cl2N2O/c10-6-1-7(11)3-8(2-6)13-5-9(14)4-12/h1-3,13H,4-5,12H2. The molecular formula is C9H10Cl2N2O. The molecule has 0 aromatic heterocycles. The summed E-state index contributed by atoms with van der Waals surface area (Å²) < 4.78 is 0. The third kappa shape index (κ3) is 3.54. The van der Waals surface area contributed by atoms with Crippen LogP contribution in [-0.4, -0.2) is 18.9 Å². The van der Waals surface area contributed by atoms with Gasteiger partial charge in [-0.15, -0.1) is 0 Å². The van der Waals surface area contributed by atoms with Gasteiger partial charge < -0.3 is 11.1 Å². The Morgan fingerprint density at radius 1 is 1.29 bits per heavy atom. The summed E-state index contributed by atoms with van der Waals surface area (Å²) in [5.74, 6) is -0.0684. The molecule has 0 aliphatic heterocycles. The van der Waals surface area contributed by atoms with Crippen LogP contribution in [0.25, 0.3) is 0 Å². The van der Waals surface area contributed by atoms with Crippen molar-refractivity contribution in [3.05, 3.63) is 28.2 Å². The van der Waals surface area contributed by atoms with E-state index in [0.29, 0.717) is 15.7 Å². The van der Waals surface area contributed by atoms with Crippen molar-refractivity contribution in [1.29, 1.82) is 0 Å². The van der Waals surface area contributed by atoms with Crippen LogP contribution in [0.4, 0.5) is 5.69 Å². The molecule has 0 amide bonds. The van der Waals surface area contributed by atoms with E-state index < -0.39 is 0 Å². The number of hydrogen-bond donors (Lipinski definition) is 2. The highest BCUT2D eigenvalue weighted by Crippen LogP contribution is 2.22. The normalized spacial score (nSPS) is 9.93. The van der Waals surface area contributed by atoms with Crippen molar-refractivity contribution >= 4 is 34.7 Å². The van der Waals surface area contributed by atoms with E-state index in [-0.39, 0.29) is 18.9 Å². The minimum Gasteiger partial charge on any atom is -0.378 e. The summed E-state index contributed by atoms with van der Waals surface area (Å²) in [6.45, 7) is 0.217. The predicted molar refractivity (Wildman–Crippen MR) is 59.0 cm³/mol. The fourth-order valence-corrected chi connectivity index (χ4v) is 1.45. The molecule has 0 fully saturated rings. The second-order valence-corrected chi connectivity index (χ2v) is 3.63. The smallest absolute Gasteiger partial charge is 0.165 e. The number of hydrogen-bond acceptors (Lipinski definition) is 3. The highest BCUT2D eigenvalue weighted by Gasteiger charge is 2.00. The Morgan fingerprint density at radius 3 is 2.36 bits per heavy atom. The fraction of sp³-hybridized carbons (Fsp3) is 0.222. The maximum atomic E-state index is 10.9. The van der Waals surface area contributed by atoms with Gasteiger partial charge in [0.15, 0.2) is 5.78 Å². The first-order chi connectivity index (χ1) is 6.61. The number of ketones is 1. The summed E-state index contributed by atoms with van der Waals surface area (Å²) in [6, 6.07) is 5.01. The lowest BCUT2D eigenvalue weighted by Crippen LogP contribution is -2.22. The van der Waals surface area contributed by atoms with Gasteiger partial charge in [0.1, 0.15) is 0 Å². The molecule has 0 spiro atoms. The average Bonchev–Trinajstić information content (AvgIpc) is 2.12. The van der Waals surface area contributed by atoms with Gasteiger partial charge in [-0.25, -0.2) is 0 Å². The quantitative estimate of drug-likeness (QED) is 0.835. The van der Waals surface area contributed by atoms with Gasteiger partial charge >= 0.3 is 0 Å². The summed E-state index contributed by atoms with van der Waals surface area (Å²) >= 11 is 11.5. The molecule has 0 radical (unpaired) electrons. The Kier molecular flexibility index (Phi) is 4.20. The average molecular weight is 233 g/mol. The van der Waals surface area contributed by atoms with E-state index in [2.05, 4.69) is 5.32 Å². The van der Waals surface area contributed by atoms with Crippen LogP contribution in [0, 0.1) is 0 Å². The van der Waals surface area contributed by atoms with Crippen molar-refractivity contribution in [2.75, 3.05) is 18.4 Å². The first-order valence-corrected chi connectivity index (χ1v) is 4.79. The molecule has 3 nitrogen and oxygen atoms in total. The number of carbonyl (C=O) groups is 1. The third-order valence-electron chi connectivity index (χ3n) is 1.58. The Morgan fingerprint density at radius 2 is 1.86 bits per heavy atom. The molecule has 0 saturated carbocycles. The molecule has 0 aliphatic rings. The summed E-state index contributed by atoms with van der Waals surface area (Å²) in [7, 11) is 0. The Bertz CT molecular complexity index is 321. The number of benzene rings is 1. The van der Waals surface area contributed by atoms with Crippen LogP contribution in [0.2, 0.25) is 10.0 Å². The molecule has 1 aromatic carbocycles. The lowest BCUT2D eigenvalue weighted by Gasteiger charge is -2.05. The number of nitrogens with one attached hydrogen (secondary N) is 1. The van der Waals surface area contributed by atoms with E-state index in [1.807, 2.05) is 0 Å². The second kappa shape index (κ2) is 5.20. The Balaban J connectivity index is 2.63. The van der Waals surface area contributed by atoms with Crippen molar-refractivity contribution in [2.45, 2.75) is 0 Å². The summed E-state index contributed by atoms with van der Waals surface area (Å²) in [4.78, 5) is 10.9. The minimum absolute atomic E-state index is 0.0291. The molecule has 0 heterocycles. The zero-order valence-corrected chi connectivity index (χ0v) is 8.90. The van der Waals surface area contributed by atoms with Crippen LogP contribution < -0.4 is 11.1 Å². The molecule has 14 heavy (non-hydrogen) atoms. The van der Waals surface area contributed by atoms with E-state index in [0.717, 1.165) is 0 Å². The summed E-state index contributed by atoms with van der Waals surface area (Å²) in [5.41, 5.74) is 5.87. The van der Waals surface area contributed by atoms with Crippen molar-refractivity contribution in [2.24, 2.45) is 5.73 Å². The SMILES string of the molecule is NCC(=O)CNc1cc(Cl)cc(Cl)c1. The van der Waals surface area contributed by atoms with Gasteiger partial charge in [-0.3, -0.25) is 4.79 Å². The van der Waals surface area contributed by atoms with Crippen LogP contribution in [-0.2, 0) is 4.79 Å². The molecule has 1 aromatic rings. The molecule has 0 bridgehead atoms. The minimum atomic E-state index is -0.0684. The number of halogens is 2. The maximum absolute atomic E-state index is 10.9. The largest absolute Gasteiger partial charge is 0.378 e. The van der Waals surface area contributed by atoms with Crippen molar-refractivity contribution < 1.29 is 4.79 Å². The second-order valence-electron chi connectivity index (χ2n) is 2.75. The Hall–Kier alpha value is -0.770. The van der Waals surface area contributed by atoms with Crippen LogP contribution >= 0.6 is 23.2 Å². The first-order valence-electron chi connectivity index (χ1n) is 4.03. The van der Waals surface area contributed by atoms with E-state index in [1.54, 1.807) is 18.2 Å². The van der Waals surface area contributed by atoms with E-state index in [1.165, 1.54) is 0 Å². The highest BCUT2D eigenvalue weighted by atomic mass is 35.5. The van der Waals surface area contributed by atoms with E-state index in [9.17, 15) is 4.79 Å². The van der Waals surface area contributed by atoms with Gasteiger partial charge in [0.05, 0.1) is 13.1 Å². The summed E-state index contributed by atoms with van der Waals surface area (Å²) in [5, 5.41) is 3.93. The number of Topliss-reactive ketones (excluding diaryl/α,β-unsaturated/α-hetero) is 1. The lowest BCUT2D eigenvalue weighted by molar-refractivity contribution is -0.116. The number of nitrogens with two attached hydrogens (primary N) is 1. The van der Waals surface area contributed by atoms with Gasteiger partial charge in [0.2, 0.25) is 0 Å². The molecule has 0 atom stereocenters. The van der Waals surface area contributed by atoms with Gasteiger partial charge in [-0.05, 0) is 18.2 Å². The lowest BCUT2D eigenvalue weighted by atomic mass is 10.3. The van der Waals surface area contributed by atoms with Crippen LogP contribution in [0.3, 0.4) is 0 Å². The van der Waals surface area contributed by atoms with Crippen LogP contribution in [0.1, 0.15) is 0 Å². The molecular weight excluding hydrogens is 223 g/mol. The number of rotatable bonds is 4. The zero-order chi connectivity index (χ0) is 10.6.